The second-order valence-electron chi connectivity index (χ2n) is 11.2. The molecule has 0 bridgehead atoms. The van der Waals surface area contributed by atoms with Crippen molar-refractivity contribution in [1.82, 2.24) is 29.9 Å². The molecule has 3 rings (SSSR count). The van der Waals surface area contributed by atoms with E-state index >= 15 is 0 Å². The molecule has 1 aromatic heterocycles. The molecule has 38 heavy (non-hydrogen) atoms. The summed E-state index contributed by atoms with van der Waals surface area (Å²) in [5.41, 5.74) is 0.930. The van der Waals surface area contributed by atoms with E-state index in [0.717, 1.165) is 17.7 Å². The minimum Gasteiger partial charge on any atom is -0.459 e. The number of carbonyl (C=O) groups is 3. The quantitative estimate of drug-likeness (QED) is 0.456. The van der Waals surface area contributed by atoms with Gasteiger partial charge in [0.15, 0.2) is 0 Å². The van der Waals surface area contributed by atoms with Gasteiger partial charge in [0.1, 0.15) is 24.3 Å². The Kier molecular flexibility index (Phi) is 9.89. The van der Waals surface area contributed by atoms with E-state index in [-0.39, 0.29) is 36.8 Å². The lowest BCUT2D eigenvalue weighted by atomic mass is 10.0. The van der Waals surface area contributed by atoms with Gasteiger partial charge in [0.25, 0.3) is 0 Å². The fourth-order valence-corrected chi connectivity index (χ4v) is 4.84. The van der Waals surface area contributed by atoms with Gasteiger partial charge in [-0.05, 0) is 76.8 Å². The Hall–Kier alpha value is -2.98. The lowest BCUT2D eigenvalue weighted by Gasteiger charge is -2.34. The van der Waals surface area contributed by atoms with Crippen molar-refractivity contribution in [2.75, 3.05) is 20.1 Å². The predicted octanol–water partition coefficient (Wildman–Crippen LogP) is 3.22. The molecule has 2 atom stereocenters. The van der Waals surface area contributed by atoms with Crippen molar-refractivity contribution in [3.8, 4) is 5.69 Å². The summed E-state index contributed by atoms with van der Waals surface area (Å²) in [7, 11) is 1.75. The first-order chi connectivity index (χ1) is 17.9. The Bertz CT molecular complexity index is 1120. The summed E-state index contributed by atoms with van der Waals surface area (Å²) in [4.78, 5) is 46.9. The average Bonchev–Trinajstić information content (AvgIpc) is 3.51. The third-order valence-corrected chi connectivity index (χ3v) is 6.54. The number of rotatable bonds is 10. The van der Waals surface area contributed by atoms with Crippen LogP contribution in [0.1, 0.15) is 59.4 Å². The normalized spacial score (nSPS) is 16.7. The summed E-state index contributed by atoms with van der Waals surface area (Å²) >= 11 is 6.21. The number of nitrogens with one attached hydrogen (secondary N) is 1. The molecule has 208 valence electrons. The molecule has 1 fully saturated rings. The number of halogens is 1. The van der Waals surface area contributed by atoms with Gasteiger partial charge < -0.3 is 15.0 Å². The summed E-state index contributed by atoms with van der Waals surface area (Å²) in [6.45, 7) is 10.2. The smallest absolute Gasteiger partial charge is 0.320 e. The largest absolute Gasteiger partial charge is 0.459 e. The Morgan fingerprint density at radius 2 is 2.00 bits per heavy atom. The maximum atomic E-state index is 13.7. The van der Waals surface area contributed by atoms with Crippen LogP contribution in [0.3, 0.4) is 0 Å². The highest BCUT2D eigenvalue weighted by atomic mass is 35.5. The van der Waals surface area contributed by atoms with Crippen LogP contribution in [0, 0.1) is 5.92 Å². The molecule has 1 aromatic carbocycles. The summed E-state index contributed by atoms with van der Waals surface area (Å²) in [5.74, 6) is -0.535. The number of hydrogen-bond acceptors (Lipinski definition) is 7. The van der Waals surface area contributed by atoms with E-state index in [1.54, 1.807) is 40.0 Å². The van der Waals surface area contributed by atoms with Gasteiger partial charge in [-0.2, -0.15) is 5.10 Å². The number of aromatic nitrogens is 3. The third kappa shape index (κ3) is 8.01. The van der Waals surface area contributed by atoms with Crippen molar-refractivity contribution in [1.29, 1.82) is 0 Å². The molecule has 11 heteroatoms. The molecule has 1 N–H and O–H groups in total. The van der Waals surface area contributed by atoms with Crippen molar-refractivity contribution in [3.63, 3.8) is 0 Å². The van der Waals surface area contributed by atoms with Gasteiger partial charge in [0.05, 0.1) is 18.3 Å². The zero-order valence-corrected chi connectivity index (χ0v) is 23.9. The molecule has 1 saturated heterocycles. The van der Waals surface area contributed by atoms with Crippen molar-refractivity contribution in [2.45, 2.75) is 78.1 Å². The standard InChI is InChI=1S/C27H39ClN6O4/c1-18(2)12-23(32(6)15-24(35)38-27(3,4)5)26(37)33-11-7-8-22(33)25(36)30-14-19-13-20(28)9-10-21(19)34-17-29-16-31-34/h9-10,13,16-18,22-23H,7-8,11-12,14-15H2,1-6H3,(H,30,36)/t22-,23-/m0/s1. The van der Waals surface area contributed by atoms with Gasteiger partial charge in [-0.1, -0.05) is 25.4 Å². The van der Waals surface area contributed by atoms with E-state index in [9.17, 15) is 14.4 Å². The molecule has 0 aliphatic carbocycles. The molecule has 0 radical (unpaired) electrons. The third-order valence-electron chi connectivity index (χ3n) is 6.31. The molecule has 1 aliphatic rings. The highest BCUT2D eigenvalue weighted by molar-refractivity contribution is 6.30. The molecule has 0 unspecified atom stereocenters. The SMILES string of the molecule is CC(C)C[C@@H](C(=O)N1CCC[C@H]1C(=O)NCc1cc(Cl)ccc1-n1cncn1)N(C)CC(=O)OC(C)(C)C. The van der Waals surface area contributed by atoms with Crippen LogP contribution in [-0.4, -0.2) is 80.2 Å². The van der Waals surface area contributed by atoms with Crippen LogP contribution >= 0.6 is 11.6 Å². The monoisotopic (exact) mass is 546 g/mol. The minimum absolute atomic E-state index is 0.00900. The van der Waals surface area contributed by atoms with Crippen LogP contribution in [0.15, 0.2) is 30.9 Å². The minimum atomic E-state index is -0.607. The van der Waals surface area contributed by atoms with Gasteiger partial charge in [-0.25, -0.2) is 9.67 Å². The highest BCUT2D eigenvalue weighted by Gasteiger charge is 2.39. The number of likely N-dealkylation sites (N-methyl/N-ethyl adjacent to an activating group) is 1. The number of benzene rings is 1. The summed E-state index contributed by atoms with van der Waals surface area (Å²) in [6.07, 6.45) is 4.89. The summed E-state index contributed by atoms with van der Waals surface area (Å²) < 4.78 is 7.07. The van der Waals surface area contributed by atoms with E-state index in [1.165, 1.54) is 6.33 Å². The second kappa shape index (κ2) is 12.7. The van der Waals surface area contributed by atoms with Crippen molar-refractivity contribution in [2.24, 2.45) is 5.92 Å². The molecular weight excluding hydrogens is 508 g/mol. The van der Waals surface area contributed by atoms with Crippen molar-refractivity contribution >= 4 is 29.4 Å². The van der Waals surface area contributed by atoms with Crippen LogP contribution in [0.5, 0.6) is 0 Å². The fourth-order valence-electron chi connectivity index (χ4n) is 4.65. The van der Waals surface area contributed by atoms with E-state index in [0.29, 0.717) is 24.4 Å². The zero-order chi connectivity index (χ0) is 28.0. The van der Waals surface area contributed by atoms with Crippen LogP contribution in [0.4, 0.5) is 0 Å². The molecular formula is C27H39ClN6O4. The molecule has 2 heterocycles. The predicted molar refractivity (Wildman–Crippen MR) is 145 cm³/mol. The van der Waals surface area contributed by atoms with Gasteiger partial charge in [0.2, 0.25) is 11.8 Å². The van der Waals surface area contributed by atoms with Crippen LogP contribution in [0.2, 0.25) is 5.02 Å². The Labute approximate surface area is 229 Å². The average molecular weight is 547 g/mol. The molecule has 10 nitrogen and oxygen atoms in total. The summed E-state index contributed by atoms with van der Waals surface area (Å²) in [6, 6.07) is 4.23. The number of hydrogen-bond donors (Lipinski definition) is 1. The van der Waals surface area contributed by atoms with Gasteiger partial charge in [-0.3, -0.25) is 19.3 Å². The topological polar surface area (TPSA) is 110 Å². The highest BCUT2D eigenvalue weighted by Crippen LogP contribution is 2.24. The maximum Gasteiger partial charge on any atom is 0.320 e. The van der Waals surface area contributed by atoms with Gasteiger partial charge >= 0.3 is 5.97 Å². The lowest BCUT2D eigenvalue weighted by molar-refractivity contribution is -0.157. The lowest BCUT2D eigenvalue weighted by Crippen LogP contribution is -2.54. The first kappa shape index (κ1) is 29.6. The Morgan fingerprint density at radius 1 is 1.26 bits per heavy atom. The second-order valence-corrected chi connectivity index (χ2v) is 11.6. The number of esters is 1. The molecule has 2 amide bonds. The van der Waals surface area contributed by atoms with Crippen LogP contribution < -0.4 is 5.32 Å². The first-order valence-corrected chi connectivity index (χ1v) is 13.4. The van der Waals surface area contributed by atoms with Crippen LogP contribution in [-0.2, 0) is 25.7 Å². The zero-order valence-electron chi connectivity index (χ0n) is 23.1. The molecule has 0 saturated carbocycles. The van der Waals surface area contributed by atoms with E-state index in [1.807, 2.05) is 40.7 Å². The number of amides is 2. The molecule has 2 aromatic rings. The summed E-state index contributed by atoms with van der Waals surface area (Å²) in [5, 5.41) is 7.70. The van der Waals surface area contributed by atoms with Gasteiger partial charge in [0, 0.05) is 18.1 Å². The van der Waals surface area contributed by atoms with Crippen molar-refractivity contribution < 1.29 is 19.1 Å². The number of nitrogens with zero attached hydrogens (tertiary/aromatic N) is 5. The van der Waals surface area contributed by atoms with E-state index < -0.39 is 17.7 Å². The molecule has 0 spiro atoms. The number of likely N-dealkylation sites (tertiary alicyclic amines) is 1. The molecule has 1 aliphatic heterocycles. The van der Waals surface area contributed by atoms with Crippen LogP contribution in [0.25, 0.3) is 5.69 Å². The Balaban J connectivity index is 1.71. The number of carbonyl (C=O) groups excluding carboxylic acids is 3. The maximum absolute atomic E-state index is 13.7. The first-order valence-electron chi connectivity index (χ1n) is 13.0. The Morgan fingerprint density at radius 3 is 2.63 bits per heavy atom. The van der Waals surface area contributed by atoms with Crippen molar-refractivity contribution in [3.05, 3.63) is 41.4 Å². The van der Waals surface area contributed by atoms with Gasteiger partial charge in [-0.15, -0.1) is 0 Å². The van der Waals surface area contributed by atoms with E-state index in [2.05, 4.69) is 15.4 Å². The number of ether oxygens (including phenoxy) is 1. The van der Waals surface area contributed by atoms with E-state index in [4.69, 9.17) is 16.3 Å². The fraction of sp³-hybridized carbons (Fsp3) is 0.593.